The van der Waals surface area contributed by atoms with E-state index < -0.39 is 41.3 Å². The van der Waals surface area contributed by atoms with Gasteiger partial charge in [0.25, 0.3) is 0 Å². The maximum absolute atomic E-state index is 12.9. The Morgan fingerprint density at radius 2 is 1.24 bits per heavy atom. The summed E-state index contributed by atoms with van der Waals surface area (Å²) >= 11 is 0. The number of benzene rings is 2. The number of carboxylic acids is 1. The molecule has 0 aliphatic carbocycles. The molecule has 14 heteroatoms. The average molecular weight is 772 g/mol. The lowest BCUT2D eigenvalue weighted by molar-refractivity contribution is -0.138. The number of nitrogens with one attached hydrogen (secondary N) is 5. The van der Waals surface area contributed by atoms with E-state index in [-0.39, 0.29) is 31.0 Å². The van der Waals surface area contributed by atoms with Crippen molar-refractivity contribution in [2.75, 3.05) is 20.1 Å². The van der Waals surface area contributed by atoms with Crippen LogP contribution in [0, 0.1) is 5.92 Å². The third kappa shape index (κ3) is 27.3. The molecule has 0 radical (unpaired) electrons. The maximum Gasteiger partial charge on any atom is 0.408 e. The highest BCUT2D eigenvalue weighted by Gasteiger charge is 2.26. The Kier molecular flexibility index (Phi) is 24.3. The van der Waals surface area contributed by atoms with Crippen LogP contribution in [-0.2, 0) is 41.5 Å². The van der Waals surface area contributed by atoms with Gasteiger partial charge in [-0.2, -0.15) is 0 Å². The van der Waals surface area contributed by atoms with E-state index in [1.54, 1.807) is 27.8 Å². The number of aldehydes is 1. The molecule has 0 saturated heterocycles. The van der Waals surface area contributed by atoms with Crippen LogP contribution in [0.15, 0.2) is 60.7 Å². The van der Waals surface area contributed by atoms with Gasteiger partial charge in [-0.05, 0) is 84.9 Å². The number of alkyl carbamates (subject to hydrolysis) is 2. The van der Waals surface area contributed by atoms with Gasteiger partial charge in [0.15, 0.2) is 0 Å². The molecule has 308 valence electrons. The molecule has 0 aliphatic heterocycles. The van der Waals surface area contributed by atoms with Crippen molar-refractivity contribution >= 4 is 36.3 Å². The maximum atomic E-state index is 12.9. The van der Waals surface area contributed by atoms with Gasteiger partial charge in [-0.1, -0.05) is 87.9 Å². The van der Waals surface area contributed by atoms with Crippen LogP contribution in [0.2, 0.25) is 0 Å². The Balaban J connectivity index is 0.000000932. The molecule has 0 saturated carbocycles. The fraction of sp³-hybridized carbons (Fsp3) is 0.561. The quantitative estimate of drug-likeness (QED) is 0.0920. The number of ether oxygens (including phenoxy) is 2. The molecule has 0 aliphatic rings. The third-order valence-electron chi connectivity index (χ3n) is 7.06. The van der Waals surface area contributed by atoms with Crippen molar-refractivity contribution in [1.82, 2.24) is 26.6 Å². The number of aliphatic carboxylic acids is 1. The first-order valence-corrected chi connectivity index (χ1v) is 18.7. The topological polar surface area (TPSA) is 201 Å². The zero-order valence-corrected chi connectivity index (χ0v) is 34.3. The van der Waals surface area contributed by atoms with Crippen molar-refractivity contribution in [3.8, 4) is 0 Å². The van der Waals surface area contributed by atoms with Crippen molar-refractivity contribution in [1.29, 1.82) is 0 Å². The van der Waals surface area contributed by atoms with Crippen LogP contribution in [0.25, 0.3) is 0 Å². The van der Waals surface area contributed by atoms with Crippen LogP contribution >= 0.6 is 0 Å². The van der Waals surface area contributed by atoms with Crippen molar-refractivity contribution in [3.05, 3.63) is 71.8 Å². The van der Waals surface area contributed by atoms with E-state index in [0.717, 1.165) is 24.0 Å². The third-order valence-corrected chi connectivity index (χ3v) is 7.06. The van der Waals surface area contributed by atoms with Gasteiger partial charge in [0, 0.05) is 13.0 Å². The van der Waals surface area contributed by atoms with Crippen molar-refractivity contribution in [2.45, 2.75) is 124 Å². The normalized spacial score (nSPS) is 12.5. The molecule has 0 bridgehead atoms. The lowest BCUT2D eigenvalue weighted by atomic mass is 10.0. The first-order valence-electron chi connectivity index (χ1n) is 18.7. The molecule has 3 atom stereocenters. The number of amides is 4. The summed E-state index contributed by atoms with van der Waals surface area (Å²) in [7, 11) is 1.69. The van der Waals surface area contributed by atoms with Crippen molar-refractivity contribution in [2.24, 2.45) is 5.92 Å². The largest absolute Gasteiger partial charge is 0.480 e. The number of likely N-dealkylation sites (N-methyl/N-ethyl adjacent to an activating group) is 1. The van der Waals surface area contributed by atoms with Gasteiger partial charge >= 0.3 is 18.2 Å². The second-order valence-corrected chi connectivity index (χ2v) is 15.2. The molecule has 0 fully saturated rings. The molecule has 2 aromatic carbocycles. The Morgan fingerprint density at radius 1 is 0.727 bits per heavy atom. The summed E-state index contributed by atoms with van der Waals surface area (Å²) in [4.78, 5) is 69.2. The summed E-state index contributed by atoms with van der Waals surface area (Å²) in [6, 6.07) is 16.9. The minimum absolute atomic E-state index is 0.261. The number of carbonyl (C=O) groups excluding carboxylic acids is 5. The molecule has 0 heterocycles. The minimum Gasteiger partial charge on any atom is -0.480 e. The molecule has 2 aromatic rings. The smallest absolute Gasteiger partial charge is 0.408 e. The van der Waals surface area contributed by atoms with Crippen LogP contribution < -0.4 is 26.6 Å². The molecular weight excluding hydrogens is 706 g/mol. The fourth-order valence-corrected chi connectivity index (χ4v) is 4.59. The molecule has 2 rings (SSSR count). The Morgan fingerprint density at radius 3 is 1.67 bits per heavy atom. The molecule has 0 aromatic heterocycles. The van der Waals surface area contributed by atoms with Gasteiger partial charge in [0.1, 0.15) is 30.1 Å². The highest BCUT2D eigenvalue weighted by atomic mass is 16.6. The summed E-state index contributed by atoms with van der Waals surface area (Å²) in [6.45, 7) is 17.3. The standard InChI is InChI=1S/C23H28N2O4.C9H18N2O3.C9H19NO2/c1-23(2,3)29-22(28)25-20(15-18-12-8-5-9-13-18)21(27)24-19(16-26)14-17-10-6-4-7-11-17;1-6(2)4-7(10-3)9(14)11-5-8(12)13;1-5-6-7-10-8(11)12-9(2,3)4/h4-13,16,19-20H,14-15H2,1-3H3,(H,24,27)(H,25,28);6-7,10H,4-5H2,1-3H3,(H,11,14)(H,12,13);5-7H2,1-4H3,(H,10,11)/t19-,20?;;/m1../s1. The number of hydrogen-bond donors (Lipinski definition) is 6. The van der Waals surface area contributed by atoms with E-state index in [2.05, 4.69) is 33.5 Å². The van der Waals surface area contributed by atoms with Crippen molar-refractivity contribution in [3.63, 3.8) is 0 Å². The number of carboxylic acid groups (broad SMARTS) is 1. The number of hydrogen-bond acceptors (Lipinski definition) is 9. The highest BCUT2D eigenvalue weighted by molar-refractivity contribution is 5.88. The monoisotopic (exact) mass is 771 g/mol. The van der Waals surface area contributed by atoms with Gasteiger partial charge in [0.05, 0.1) is 12.1 Å². The number of rotatable bonds is 17. The minimum atomic E-state index is -1.03. The van der Waals surface area contributed by atoms with Gasteiger partial charge < -0.3 is 46.0 Å². The van der Waals surface area contributed by atoms with Gasteiger partial charge in [-0.15, -0.1) is 0 Å². The summed E-state index contributed by atoms with van der Waals surface area (Å²) in [5, 5.41) is 21.6. The zero-order chi connectivity index (χ0) is 42.0. The van der Waals surface area contributed by atoms with Gasteiger partial charge in [-0.25, -0.2) is 9.59 Å². The van der Waals surface area contributed by atoms with Gasteiger partial charge in [0.2, 0.25) is 11.8 Å². The van der Waals surface area contributed by atoms with E-state index in [0.29, 0.717) is 31.6 Å². The zero-order valence-electron chi connectivity index (χ0n) is 34.3. The molecule has 4 amide bonds. The molecule has 14 nitrogen and oxygen atoms in total. The first kappa shape index (κ1) is 50.0. The molecule has 0 spiro atoms. The Hall–Kier alpha value is -4.98. The molecular formula is C41H65N5O9. The predicted molar refractivity (Wildman–Crippen MR) is 214 cm³/mol. The number of unbranched alkanes of at least 4 members (excludes halogenated alkanes) is 1. The second kappa shape index (κ2) is 26.7. The van der Waals surface area contributed by atoms with Crippen LogP contribution in [0.3, 0.4) is 0 Å². The summed E-state index contributed by atoms with van der Waals surface area (Å²) in [5.41, 5.74) is 0.742. The van der Waals surface area contributed by atoms with Gasteiger partial charge in [-0.3, -0.25) is 14.4 Å². The van der Waals surface area contributed by atoms with Crippen LogP contribution in [0.5, 0.6) is 0 Å². The molecule has 55 heavy (non-hydrogen) atoms. The highest BCUT2D eigenvalue weighted by Crippen LogP contribution is 2.10. The fourth-order valence-electron chi connectivity index (χ4n) is 4.59. The van der Waals surface area contributed by atoms with E-state index in [9.17, 15) is 28.8 Å². The average Bonchev–Trinajstić information content (AvgIpc) is 3.09. The van der Waals surface area contributed by atoms with E-state index >= 15 is 0 Å². The van der Waals surface area contributed by atoms with Crippen LogP contribution in [-0.4, -0.2) is 90.8 Å². The lowest BCUT2D eigenvalue weighted by Gasteiger charge is -2.24. The SMILES string of the molecule is CC(C)(C)OC(=O)NC(Cc1ccccc1)C(=O)N[C@@H](C=O)Cc1ccccc1.CCCCNC(=O)OC(C)(C)C.CNC(CC(C)C)C(=O)NCC(=O)O. The predicted octanol–water partition coefficient (Wildman–Crippen LogP) is 5.18. The molecule has 6 N–H and O–H groups in total. The first-order chi connectivity index (χ1) is 25.7. The van der Waals surface area contributed by atoms with E-state index in [1.165, 1.54) is 0 Å². The van der Waals surface area contributed by atoms with E-state index in [4.69, 9.17) is 14.6 Å². The van der Waals surface area contributed by atoms with Crippen LogP contribution in [0.4, 0.5) is 9.59 Å². The molecule has 2 unspecified atom stereocenters. The van der Waals surface area contributed by atoms with Crippen molar-refractivity contribution < 1.29 is 43.3 Å². The Bertz CT molecular complexity index is 1430. The Labute approximate surface area is 327 Å². The summed E-state index contributed by atoms with van der Waals surface area (Å²) < 4.78 is 10.3. The summed E-state index contributed by atoms with van der Waals surface area (Å²) in [5.74, 6) is -1.34. The van der Waals surface area contributed by atoms with Crippen LogP contribution in [0.1, 0.15) is 92.7 Å². The summed E-state index contributed by atoms with van der Waals surface area (Å²) in [6.07, 6.45) is 3.13. The lowest BCUT2D eigenvalue weighted by Crippen LogP contribution is -2.52. The number of carbonyl (C=O) groups is 6. The second-order valence-electron chi connectivity index (χ2n) is 15.2. The van der Waals surface area contributed by atoms with E-state index in [1.807, 2.05) is 95.3 Å².